The van der Waals surface area contributed by atoms with Crippen LogP contribution < -0.4 is 0 Å². The van der Waals surface area contributed by atoms with Crippen LogP contribution in [0.25, 0.3) is 0 Å². The summed E-state index contributed by atoms with van der Waals surface area (Å²) in [5.41, 5.74) is 0. The maximum Gasteiger partial charge on any atom is -0.0279 e. The zero-order chi connectivity index (χ0) is 12.7. The lowest BCUT2D eigenvalue weighted by molar-refractivity contribution is 0.532. The van der Waals surface area contributed by atoms with Gasteiger partial charge in [0.05, 0.1) is 0 Å². The SMILES string of the molecule is [C]1=C/CCCCCCCCCCCCCCCC/1. The summed E-state index contributed by atoms with van der Waals surface area (Å²) in [6.45, 7) is 0. The topological polar surface area (TPSA) is 0 Å². The quantitative estimate of drug-likeness (QED) is 0.453. The van der Waals surface area contributed by atoms with Crippen molar-refractivity contribution in [3.05, 3.63) is 12.2 Å². The molecule has 0 aromatic rings. The molecule has 0 nitrogen and oxygen atoms in total. The predicted molar refractivity (Wildman–Crippen MR) is 81.7 cm³/mol. The fourth-order valence-electron chi connectivity index (χ4n) is 2.80. The summed E-state index contributed by atoms with van der Waals surface area (Å²) in [7, 11) is 0. The van der Waals surface area contributed by atoms with E-state index in [2.05, 4.69) is 12.2 Å². The molecule has 0 aliphatic heterocycles. The first kappa shape index (κ1) is 15.8. The van der Waals surface area contributed by atoms with Crippen LogP contribution in [-0.4, -0.2) is 0 Å². The highest BCUT2D eigenvalue weighted by atomic mass is 14.0. The van der Waals surface area contributed by atoms with E-state index in [-0.39, 0.29) is 0 Å². The molecule has 0 aromatic carbocycles. The van der Waals surface area contributed by atoms with Crippen LogP contribution in [0.2, 0.25) is 0 Å². The summed E-state index contributed by atoms with van der Waals surface area (Å²) in [4.78, 5) is 0. The number of allylic oxidation sites excluding steroid dienone is 2. The molecule has 1 aliphatic rings. The van der Waals surface area contributed by atoms with Crippen molar-refractivity contribution in [2.75, 3.05) is 0 Å². The minimum Gasteiger partial charge on any atom is -0.0811 e. The van der Waals surface area contributed by atoms with Gasteiger partial charge in [-0.3, -0.25) is 0 Å². The highest BCUT2D eigenvalue weighted by Gasteiger charge is 1.94. The maximum atomic E-state index is 3.46. The summed E-state index contributed by atoms with van der Waals surface area (Å²) in [5.74, 6) is 0. The lowest BCUT2D eigenvalue weighted by Crippen LogP contribution is -1.84. The molecule has 18 heavy (non-hydrogen) atoms. The Labute approximate surface area is 115 Å². The van der Waals surface area contributed by atoms with Crippen LogP contribution in [-0.2, 0) is 0 Å². The van der Waals surface area contributed by atoms with Gasteiger partial charge in [0.15, 0.2) is 0 Å². The van der Waals surface area contributed by atoms with E-state index in [1.807, 2.05) is 0 Å². The van der Waals surface area contributed by atoms with E-state index >= 15 is 0 Å². The molecule has 1 aliphatic carbocycles. The molecular formula is C18H33. The summed E-state index contributed by atoms with van der Waals surface area (Å²) < 4.78 is 0. The minimum atomic E-state index is 1.19. The van der Waals surface area contributed by atoms with E-state index in [9.17, 15) is 0 Å². The maximum absolute atomic E-state index is 3.46. The Kier molecular flexibility index (Phi) is 11.6. The van der Waals surface area contributed by atoms with E-state index in [1.165, 1.54) is 103 Å². The van der Waals surface area contributed by atoms with Crippen LogP contribution in [0.5, 0.6) is 0 Å². The predicted octanol–water partition coefficient (Wildman–Crippen LogP) is 6.60. The van der Waals surface area contributed by atoms with E-state index < -0.39 is 0 Å². The molecule has 1 rings (SSSR count). The van der Waals surface area contributed by atoms with Gasteiger partial charge in [0.2, 0.25) is 0 Å². The standard InChI is InChI=1S/C18H33/c1-2-4-6-8-10-12-14-16-18-17-15-13-11-9-7-5-3-1/h1H,2,4-18H2. The number of rotatable bonds is 0. The zero-order valence-corrected chi connectivity index (χ0v) is 12.4. The molecule has 0 unspecified atom stereocenters. The molecule has 105 valence electrons. The minimum absolute atomic E-state index is 1.19. The lowest BCUT2D eigenvalue weighted by atomic mass is 10.0. The van der Waals surface area contributed by atoms with Crippen molar-refractivity contribution in [3.63, 3.8) is 0 Å². The van der Waals surface area contributed by atoms with Gasteiger partial charge in [0.25, 0.3) is 0 Å². The monoisotopic (exact) mass is 249 g/mol. The van der Waals surface area contributed by atoms with Crippen LogP contribution >= 0.6 is 0 Å². The van der Waals surface area contributed by atoms with Gasteiger partial charge in [-0.2, -0.15) is 0 Å². The summed E-state index contributed by atoms with van der Waals surface area (Å²) in [6.07, 6.45) is 28.5. The van der Waals surface area contributed by atoms with E-state index in [0.717, 1.165) is 0 Å². The first-order valence-corrected chi connectivity index (χ1v) is 8.55. The number of hydrogen-bond acceptors (Lipinski definition) is 0. The highest BCUT2D eigenvalue weighted by Crippen LogP contribution is 2.14. The van der Waals surface area contributed by atoms with Crippen LogP contribution in [0.1, 0.15) is 103 Å². The normalized spacial score (nSPS) is 24.9. The van der Waals surface area contributed by atoms with Crippen LogP contribution in [0.4, 0.5) is 0 Å². The van der Waals surface area contributed by atoms with Gasteiger partial charge in [-0.25, -0.2) is 0 Å². The van der Waals surface area contributed by atoms with Gasteiger partial charge in [0.1, 0.15) is 0 Å². The van der Waals surface area contributed by atoms with Crippen molar-refractivity contribution in [2.45, 2.75) is 103 Å². The molecule has 0 aromatic heterocycles. The van der Waals surface area contributed by atoms with Crippen LogP contribution in [0.15, 0.2) is 6.08 Å². The van der Waals surface area contributed by atoms with Gasteiger partial charge in [-0.15, -0.1) is 0 Å². The molecule has 0 bridgehead atoms. The third kappa shape index (κ3) is 10.9. The Morgan fingerprint density at radius 3 is 1.33 bits per heavy atom. The first-order chi connectivity index (χ1) is 9.00. The molecule has 1 radical (unpaired) electrons. The Hall–Kier alpha value is -0.260. The van der Waals surface area contributed by atoms with Crippen LogP contribution in [0, 0.1) is 6.08 Å². The van der Waals surface area contributed by atoms with E-state index in [0.29, 0.717) is 0 Å². The number of hydrogen-bond donors (Lipinski definition) is 0. The first-order valence-electron chi connectivity index (χ1n) is 8.55. The molecule has 0 atom stereocenters. The summed E-state index contributed by atoms with van der Waals surface area (Å²) >= 11 is 0. The average molecular weight is 249 g/mol. The van der Waals surface area contributed by atoms with Crippen molar-refractivity contribution < 1.29 is 0 Å². The largest absolute Gasteiger partial charge is 0.0811 e. The Morgan fingerprint density at radius 1 is 0.444 bits per heavy atom. The van der Waals surface area contributed by atoms with Crippen molar-refractivity contribution in [1.82, 2.24) is 0 Å². The van der Waals surface area contributed by atoms with E-state index in [1.54, 1.807) is 0 Å². The van der Waals surface area contributed by atoms with Crippen molar-refractivity contribution in [3.8, 4) is 0 Å². The van der Waals surface area contributed by atoms with Gasteiger partial charge < -0.3 is 0 Å². The van der Waals surface area contributed by atoms with Crippen molar-refractivity contribution >= 4 is 0 Å². The van der Waals surface area contributed by atoms with E-state index in [4.69, 9.17) is 0 Å². The fourth-order valence-corrected chi connectivity index (χ4v) is 2.80. The smallest absolute Gasteiger partial charge is 0.0279 e. The third-order valence-corrected chi connectivity index (χ3v) is 4.06. The van der Waals surface area contributed by atoms with Gasteiger partial charge in [-0.05, 0) is 31.8 Å². The summed E-state index contributed by atoms with van der Waals surface area (Å²) in [6, 6.07) is 0. The molecule has 0 amide bonds. The second-order valence-electron chi connectivity index (χ2n) is 5.90. The zero-order valence-electron chi connectivity index (χ0n) is 12.4. The second kappa shape index (κ2) is 13.2. The molecule has 0 spiro atoms. The van der Waals surface area contributed by atoms with Crippen molar-refractivity contribution in [1.29, 1.82) is 0 Å². The highest BCUT2D eigenvalue weighted by molar-refractivity contribution is 4.73. The molecule has 0 N–H and O–H groups in total. The third-order valence-electron chi connectivity index (χ3n) is 4.06. The van der Waals surface area contributed by atoms with Gasteiger partial charge in [0, 0.05) is 0 Å². The molecule has 0 saturated carbocycles. The van der Waals surface area contributed by atoms with Gasteiger partial charge in [-0.1, -0.05) is 83.1 Å². The average Bonchev–Trinajstić information content (AvgIpc) is 2.39. The molecule has 0 saturated heterocycles. The Balaban J connectivity index is 2.06. The Bertz CT molecular complexity index is 160. The Morgan fingerprint density at radius 2 is 0.833 bits per heavy atom. The molecular weight excluding hydrogens is 216 g/mol. The van der Waals surface area contributed by atoms with Gasteiger partial charge >= 0.3 is 0 Å². The lowest BCUT2D eigenvalue weighted by Gasteiger charge is -2.03. The summed E-state index contributed by atoms with van der Waals surface area (Å²) in [5, 5.41) is 0. The molecule has 0 heterocycles. The van der Waals surface area contributed by atoms with Crippen molar-refractivity contribution in [2.24, 2.45) is 0 Å². The van der Waals surface area contributed by atoms with Crippen LogP contribution in [0.3, 0.4) is 0 Å². The molecule has 0 heteroatoms. The fraction of sp³-hybridized carbons (Fsp3) is 0.889. The molecule has 0 fully saturated rings. The second-order valence-corrected chi connectivity index (χ2v) is 5.90.